The topological polar surface area (TPSA) is 75.3 Å². The minimum atomic E-state index is -3.56. The molecule has 1 aliphatic carbocycles. The fourth-order valence-corrected chi connectivity index (χ4v) is 4.88. The molecule has 0 aliphatic heterocycles. The van der Waals surface area contributed by atoms with Crippen LogP contribution in [0.1, 0.15) is 42.5 Å². The second kappa shape index (κ2) is 7.36. The lowest BCUT2D eigenvalue weighted by molar-refractivity contribution is 0.0927. The number of anilines is 1. The molecule has 0 unspecified atom stereocenters. The van der Waals surface area contributed by atoms with Crippen LogP contribution in [0.25, 0.3) is 0 Å². The lowest BCUT2D eigenvalue weighted by Crippen LogP contribution is -2.36. The molecule has 3 rings (SSSR count). The predicted molar refractivity (Wildman–Crippen MR) is 95.9 cm³/mol. The maximum Gasteiger partial charge on any atom is 0.271 e. The largest absolute Gasteiger partial charge is 0.349 e. The van der Waals surface area contributed by atoms with Crippen molar-refractivity contribution in [2.24, 2.45) is 0 Å². The Balaban J connectivity index is 1.63. The van der Waals surface area contributed by atoms with Gasteiger partial charge in [0.2, 0.25) is 0 Å². The highest BCUT2D eigenvalue weighted by atomic mass is 32.2. The second-order valence-corrected chi connectivity index (χ2v) is 8.78. The summed E-state index contributed by atoms with van der Waals surface area (Å²) in [7, 11) is -3.56. The molecule has 0 bridgehead atoms. The minimum absolute atomic E-state index is 0.102. The first kappa shape index (κ1) is 17.0. The molecule has 2 N–H and O–H groups in total. The molecule has 1 aliphatic rings. The first-order valence-corrected chi connectivity index (χ1v) is 10.4. The summed E-state index contributed by atoms with van der Waals surface area (Å²) in [5.74, 6) is -0.102. The quantitative estimate of drug-likeness (QED) is 0.851. The zero-order chi connectivity index (χ0) is 17.0. The molecule has 1 aromatic heterocycles. The zero-order valence-corrected chi connectivity index (χ0v) is 14.8. The summed E-state index contributed by atoms with van der Waals surface area (Å²) in [6.07, 6.45) is 5.63. The van der Waals surface area contributed by atoms with Gasteiger partial charge in [0.15, 0.2) is 0 Å². The number of thiophene rings is 1. The number of hydrogen-bond acceptors (Lipinski definition) is 4. The Kier molecular flexibility index (Phi) is 5.20. The van der Waals surface area contributed by atoms with Gasteiger partial charge in [-0.3, -0.25) is 9.52 Å². The number of hydrogen-bond donors (Lipinski definition) is 2. The Bertz CT molecular complexity index is 778. The molecule has 1 aromatic carbocycles. The molecular weight excluding hydrogens is 344 g/mol. The molecule has 7 heteroatoms. The monoisotopic (exact) mass is 364 g/mol. The Hall–Kier alpha value is -1.86. The van der Waals surface area contributed by atoms with Crippen LogP contribution in [0.15, 0.2) is 46.0 Å². The Labute approximate surface area is 146 Å². The van der Waals surface area contributed by atoms with Gasteiger partial charge in [-0.1, -0.05) is 25.3 Å². The average molecular weight is 364 g/mol. The molecule has 0 radical (unpaired) electrons. The maximum absolute atomic E-state index is 12.2. The molecule has 1 saturated carbocycles. The second-order valence-electron chi connectivity index (χ2n) is 5.92. The molecule has 0 saturated heterocycles. The van der Waals surface area contributed by atoms with Crippen LogP contribution < -0.4 is 10.0 Å². The Morgan fingerprint density at radius 2 is 1.75 bits per heavy atom. The van der Waals surface area contributed by atoms with Crippen molar-refractivity contribution >= 4 is 33.0 Å². The number of benzene rings is 1. The van der Waals surface area contributed by atoms with Crippen molar-refractivity contribution < 1.29 is 13.2 Å². The van der Waals surface area contributed by atoms with Gasteiger partial charge in [-0.05, 0) is 48.6 Å². The molecule has 5 nitrogen and oxygen atoms in total. The van der Waals surface area contributed by atoms with Crippen molar-refractivity contribution in [3.05, 3.63) is 47.3 Å². The summed E-state index contributed by atoms with van der Waals surface area (Å²) in [6.45, 7) is 0. The smallest absolute Gasteiger partial charge is 0.271 e. The van der Waals surface area contributed by atoms with E-state index < -0.39 is 10.0 Å². The fourth-order valence-electron chi connectivity index (χ4n) is 2.83. The fraction of sp³-hybridized carbons (Fsp3) is 0.353. The minimum Gasteiger partial charge on any atom is -0.349 e. The van der Waals surface area contributed by atoms with E-state index in [0.717, 1.165) is 37.0 Å². The first-order valence-electron chi connectivity index (χ1n) is 8.02. The van der Waals surface area contributed by atoms with Gasteiger partial charge in [0, 0.05) is 17.3 Å². The molecule has 2 aromatic rings. The van der Waals surface area contributed by atoms with Crippen LogP contribution in [0.3, 0.4) is 0 Å². The van der Waals surface area contributed by atoms with E-state index in [2.05, 4.69) is 10.0 Å². The van der Waals surface area contributed by atoms with Gasteiger partial charge >= 0.3 is 0 Å². The van der Waals surface area contributed by atoms with E-state index in [1.807, 2.05) is 0 Å². The lowest BCUT2D eigenvalue weighted by atomic mass is 9.95. The van der Waals surface area contributed by atoms with Crippen LogP contribution in [0, 0.1) is 0 Å². The number of carbonyl (C=O) groups excluding carboxylic acids is 1. The van der Waals surface area contributed by atoms with Gasteiger partial charge in [-0.15, -0.1) is 11.3 Å². The van der Waals surface area contributed by atoms with Crippen LogP contribution >= 0.6 is 11.3 Å². The van der Waals surface area contributed by atoms with Gasteiger partial charge in [0.05, 0.1) is 0 Å². The summed E-state index contributed by atoms with van der Waals surface area (Å²) < 4.78 is 27.1. The first-order chi connectivity index (χ1) is 11.5. The van der Waals surface area contributed by atoms with Gasteiger partial charge in [0.1, 0.15) is 4.21 Å². The van der Waals surface area contributed by atoms with E-state index in [4.69, 9.17) is 0 Å². The van der Waals surface area contributed by atoms with Crippen molar-refractivity contribution in [2.75, 3.05) is 4.72 Å². The lowest BCUT2D eigenvalue weighted by Gasteiger charge is -2.22. The molecule has 1 heterocycles. The molecule has 1 amide bonds. The molecule has 128 valence electrons. The van der Waals surface area contributed by atoms with E-state index in [-0.39, 0.29) is 16.2 Å². The van der Waals surface area contributed by atoms with Crippen LogP contribution in [0.2, 0.25) is 0 Å². The number of rotatable bonds is 5. The van der Waals surface area contributed by atoms with E-state index in [1.165, 1.54) is 6.42 Å². The van der Waals surface area contributed by atoms with E-state index in [0.29, 0.717) is 11.3 Å². The molecular formula is C17H20N2O3S2. The number of nitrogens with one attached hydrogen (secondary N) is 2. The van der Waals surface area contributed by atoms with E-state index >= 15 is 0 Å². The zero-order valence-electron chi connectivity index (χ0n) is 13.2. The maximum atomic E-state index is 12.2. The third kappa shape index (κ3) is 4.15. The molecule has 0 spiro atoms. The normalized spacial score (nSPS) is 15.8. The van der Waals surface area contributed by atoms with Gasteiger partial charge in [-0.2, -0.15) is 0 Å². The molecule has 0 atom stereocenters. The van der Waals surface area contributed by atoms with Crippen LogP contribution in [0.5, 0.6) is 0 Å². The number of amides is 1. The molecule has 1 fully saturated rings. The van der Waals surface area contributed by atoms with Crippen LogP contribution in [0.4, 0.5) is 5.69 Å². The average Bonchev–Trinajstić information content (AvgIpc) is 3.11. The summed E-state index contributed by atoms with van der Waals surface area (Å²) >= 11 is 1.16. The third-order valence-electron chi connectivity index (χ3n) is 4.10. The SMILES string of the molecule is O=C(NC1CCCCC1)c1ccc(NS(=O)(=O)c2cccs2)cc1. The Morgan fingerprint density at radius 3 is 2.38 bits per heavy atom. The highest BCUT2D eigenvalue weighted by Crippen LogP contribution is 2.21. The number of sulfonamides is 1. The standard InChI is InChI=1S/C17H20N2O3S2/c20-17(18-14-5-2-1-3-6-14)13-8-10-15(11-9-13)19-24(21,22)16-7-4-12-23-16/h4,7-12,14,19H,1-3,5-6H2,(H,18,20). The van der Waals surface area contributed by atoms with E-state index in [1.54, 1.807) is 41.8 Å². The van der Waals surface area contributed by atoms with Crippen molar-refractivity contribution in [3.8, 4) is 0 Å². The van der Waals surface area contributed by atoms with Gasteiger partial charge < -0.3 is 5.32 Å². The molecule has 24 heavy (non-hydrogen) atoms. The highest BCUT2D eigenvalue weighted by molar-refractivity contribution is 7.94. The summed E-state index contributed by atoms with van der Waals surface area (Å²) in [5.41, 5.74) is 0.984. The van der Waals surface area contributed by atoms with E-state index in [9.17, 15) is 13.2 Å². The Morgan fingerprint density at radius 1 is 1.04 bits per heavy atom. The highest BCUT2D eigenvalue weighted by Gasteiger charge is 2.18. The van der Waals surface area contributed by atoms with Crippen LogP contribution in [-0.2, 0) is 10.0 Å². The van der Waals surface area contributed by atoms with Gasteiger partial charge in [-0.25, -0.2) is 8.42 Å². The van der Waals surface area contributed by atoms with Crippen molar-refractivity contribution in [3.63, 3.8) is 0 Å². The van der Waals surface area contributed by atoms with Crippen LogP contribution in [-0.4, -0.2) is 20.4 Å². The summed E-state index contributed by atoms with van der Waals surface area (Å²) in [4.78, 5) is 12.2. The van der Waals surface area contributed by atoms with Gasteiger partial charge in [0.25, 0.3) is 15.9 Å². The third-order valence-corrected chi connectivity index (χ3v) is 6.88. The van der Waals surface area contributed by atoms with Crippen molar-refractivity contribution in [1.29, 1.82) is 0 Å². The predicted octanol–water partition coefficient (Wildman–Crippen LogP) is 3.61. The van der Waals surface area contributed by atoms with Crippen molar-refractivity contribution in [1.82, 2.24) is 5.32 Å². The van der Waals surface area contributed by atoms with Crippen molar-refractivity contribution in [2.45, 2.75) is 42.4 Å². The summed E-state index contributed by atoms with van der Waals surface area (Å²) in [5, 5.41) is 4.76. The summed E-state index contributed by atoms with van der Waals surface area (Å²) in [6, 6.07) is 10.0. The number of carbonyl (C=O) groups is 1.